The molecule has 6 heteroatoms. The Kier molecular flexibility index (Phi) is 5.91. The SMILES string of the molecule is CCC(CSC)N(C)c1cnc(C(=O)OC)cn1. The van der Waals surface area contributed by atoms with Gasteiger partial charge in [-0.25, -0.2) is 14.8 Å². The van der Waals surface area contributed by atoms with Gasteiger partial charge in [-0.2, -0.15) is 11.8 Å². The van der Waals surface area contributed by atoms with Crippen molar-refractivity contribution in [2.24, 2.45) is 0 Å². The van der Waals surface area contributed by atoms with Crippen LogP contribution >= 0.6 is 11.8 Å². The van der Waals surface area contributed by atoms with Crippen LogP contribution in [0.2, 0.25) is 0 Å². The van der Waals surface area contributed by atoms with Crippen LogP contribution in [0.15, 0.2) is 12.4 Å². The molecule has 0 amide bonds. The highest BCUT2D eigenvalue weighted by molar-refractivity contribution is 7.98. The molecule has 100 valence electrons. The average molecular weight is 269 g/mol. The average Bonchev–Trinajstić information content (AvgIpc) is 2.43. The Hall–Kier alpha value is -1.30. The van der Waals surface area contributed by atoms with Crippen LogP contribution in [0.25, 0.3) is 0 Å². The van der Waals surface area contributed by atoms with Crippen LogP contribution < -0.4 is 4.90 Å². The number of thioether (sulfide) groups is 1. The minimum absolute atomic E-state index is 0.229. The summed E-state index contributed by atoms with van der Waals surface area (Å²) in [6, 6.07) is 0.415. The summed E-state index contributed by atoms with van der Waals surface area (Å²) in [5.41, 5.74) is 0.229. The zero-order valence-corrected chi connectivity index (χ0v) is 12.0. The molecule has 0 aliphatic carbocycles. The van der Waals surface area contributed by atoms with E-state index in [1.165, 1.54) is 13.3 Å². The van der Waals surface area contributed by atoms with Gasteiger partial charge in [0, 0.05) is 18.8 Å². The van der Waals surface area contributed by atoms with Crippen LogP contribution in [0.5, 0.6) is 0 Å². The van der Waals surface area contributed by atoms with Gasteiger partial charge in [0.15, 0.2) is 5.69 Å². The number of carbonyl (C=O) groups excluding carboxylic acids is 1. The van der Waals surface area contributed by atoms with Crippen LogP contribution in [0, 0.1) is 0 Å². The van der Waals surface area contributed by atoms with E-state index in [4.69, 9.17) is 0 Å². The number of ether oxygens (including phenoxy) is 1. The van der Waals surface area contributed by atoms with Gasteiger partial charge in [0.1, 0.15) is 5.82 Å². The number of hydrogen-bond donors (Lipinski definition) is 0. The minimum atomic E-state index is -0.465. The van der Waals surface area contributed by atoms with Crippen LogP contribution in [0.1, 0.15) is 23.8 Å². The lowest BCUT2D eigenvalue weighted by Crippen LogP contribution is -2.33. The Bertz CT molecular complexity index is 383. The summed E-state index contributed by atoms with van der Waals surface area (Å²) in [5, 5.41) is 0. The van der Waals surface area contributed by atoms with Crippen molar-refractivity contribution in [2.45, 2.75) is 19.4 Å². The third-order valence-corrected chi connectivity index (χ3v) is 3.49. The van der Waals surface area contributed by atoms with Crippen molar-refractivity contribution in [3.63, 3.8) is 0 Å². The summed E-state index contributed by atoms with van der Waals surface area (Å²) in [6.07, 6.45) is 6.18. The second-order valence-electron chi connectivity index (χ2n) is 3.88. The maximum absolute atomic E-state index is 11.2. The summed E-state index contributed by atoms with van der Waals surface area (Å²) in [4.78, 5) is 21.6. The van der Waals surface area contributed by atoms with Crippen molar-refractivity contribution in [3.8, 4) is 0 Å². The summed E-state index contributed by atoms with van der Waals surface area (Å²) in [6.45, 7) is 2.15. The first-order chi connectivity index (χ1) is 8.63. The van der Waals surface area contributed by atoms with Crippen LogP contribution in [0.4, 0.5) is 5.82 Å². The summed E-state index contributed by atoms with van der Waals surface area (Å²) in [7, 11) is 3.32. The molecule has 18 heavy (non-hydrogen) atoms. The van der Waals surface area contributed by atoms with E-state index in [1.54, 1.807) is 18.0 Å². The van der Waals surface area contributed by atoms with Gasteiger partial charge in [-0.1, -0.05) is 6.92 Å². The van der Waals surface area contributed by atoms with E-state index >= 15 is 0 Å². The molecule has 5 nitrogen and oxygen atoms in total. The van der Waals surface area contributed by atoms with E-state index in [0.29, 0.717) is 6.04 Å². The number of rotatable bonds is 6. The lowest BCUT2D eigenvalue weighted by Gasteiger charge is -2.27. The third-order valence-electron chi connectivity index (χ3n) is 2.77. The predicted octanol–water partition coefficient (Wildman–Crippen LogP) is 1.84. The van der Waals surface area contributed by atoms with Crippen molar-refractivity contribution in [2.75, 3.05) is 31.1 Å². The molecule has 1 heterocycles. The summed E-state index contributed by atoms with van der Waals surface area (Å²) >= 11 is 1.81. The fraction of sp³-hybridized carbons (Fsp3) is 0.583. The Balaban J connectivity index is 2.80. The summed E-state index contributed by atoms with van der Waals surface area (Å²) < 4.78 is 4.59. The van der Waals surface area contributed by atoms with Crippen LogP contribution in [-0.2, 0) is 4.74 Å². The highest BCUT2D eigenvalue weighted by atomic mass is 32.2. The van der Waals surface area contributed by atoms with E-state index in [0.717, 1.165) is 18.0 Å². The fourth-order valence-electron chi connectivity index (χ4n) is 1.60. The van der Waals surface area contributed by atoms with Gasteiger partial charge in [-0.3, -0.25) is 0 Å². The van der Waals surface area contributed by atoms with E-state index in [-0.39, 0.29) is 5.69 Å². The predicted molar refractivity (Wildman–Crippen MR) is 74.2 cm³/mol. The highest BCUT2D eigenvalue weighted by Crippen LogP contribution is 2.15. The van der Waals surface area contributed by atoms with Crippen molar-refractivity contribution < 1.29 is 9.53 Å². The molecule has 1 aromatic heterocycles. The number of nitrogens with zero attached hydrogens (tertiary/aromatic N) is 3. The van der Waals surface area contributed by atoms with Gasteiger partial charge >= 0.3 is 5.97 Å². The Morgan fingerprint density at radius 3 is 2.67 bits per heavy atom. The Morgan fingerprint density at radius 1 is 1.50 bits per heavy atom. The molecule has 0 N–H and O–H groups in total. The zero-order chi connectivity index (χ0) is 13.5. The summed E-state index contributed by atoms with van der Waals surface area (Å²) in [5.74, 6) is 1.34. The molecule has 0 radical (unpaired) electrons. The minimum Gasteiger partial charge on any atom is -0.464 e. The molecule has 0 fully saturated rings. The topological polar surface area (TPSA) is 55.3 Å². The van der Waals surface area contributed by atoms with Gasteiger partial charge in [0.05, 0.1) is 19.5 Å². The second-order valence-corrected chi connectivity index (χ2v) is 4.79. The molecule has 0 saturated heterocycles. The first-order valence-electron chi connectivity index (χ1n) is 5.76. The van der Waals surface area contributed by atoms with Crippen LogP contribution in [-0.4, -0.2) is 48.1 Å². The van der Waals surface area contributed by atoms with E-state index < -0.39 is 5.97 Å². The quantitative estimate of drug-likeness (QED) is 0.735. The molecule has 0 aliphatic heterocycles. The van der Waals surface area contributed by atoms with Gasteiger partial charge in [0.25, 0.3) is 0 Å². The van der Waals surface area contributed by atoms with Crippen molar-refractivity contribution in [3.05, 3.63) is 18.1 Å². The van der Waals surface area contributed by atoms with Crippen LogP contribution in [0.3, 0.4) is 0 Å². The normalized spacial score (nSPS) is 12.0. The highest BCUT2D eigenvalue weighted by Gasteiger charge is 2.15. The molecule has 0 bridgehead atoms. The lowest BCUT2D eigenvalue weighted by molar-refractivity contribution is 0.0593. The fourth-order valence-corrected chi connectivity index (χ4v) is 2.44. The first-order valence-corrected chi connectivity index (χ1v) is 7.15. The molecule has 0 aliphatic rings. The number of carbonyl (C=O) groups is 1. The molecular weight excluding hydrogens is 250 g/mol. The van der Waals surface area contributed by atoms with Crippen molar-refractivity contribution >= 4 is 23.5 Å². The van der Waals surface area contributed by atoms with Gasteiger partial charge in [-0.05, 0) is 12.7 Å². The zero-order valence-electron chi connectivity index (χ0n) is 11.2. The maximum atomic E-state index is 11.2. The molecule has 0 spiro atoms. The maximum Gasteiger partial charge on any atom is 0.358 e. The van der Waals surface area contributed by atoms with E-state index in [9.17, 15) is 4.79 Å². The lowest BCUT2D eigenvalue weighted by atomic mass is 10.2. The Labute approximate surface area is 112 Å². The third kappa shape index (κ3) is 3.60. The molecule has 0 saturated carbocycles. The molecule has 0 aromatic carbocycles. The number of anilines is 1. The smallest absolute Gasteiger partial charge is 0.358 e. The van der Waals surface area contributed by atoms with E-state index in [1.807, 2.05) is 7.05 Å². The number of aromatic nitrogens is 2. The van der Waals surface area contributed by atoms with E-state index in [2.05, 4.69) is 32.8 Å². The van der Waals surface area contributed by atoms with Gasteiger partial charge in [-0.15, -0.1) is 0 Å². The monoisotopic (exact) mass is 269 g/mol. The second kappa shape index (κ2) is 7.20. The van der Waals surface area contributed by atoms with Gasteiger partial charge < -0.3 is 9.64 Å². The molecule has 1 atom stereocenters. The largest absolute Gasteiger partial charge is 0.464 e. The number of esters is 1. The molecule has 1 unspecified atom stereocenters. The number of methoxy groups -OCH3 is 1. The number of hydrogen-bond acceptors (Lipinski definition) is 6. The standard InChI is InChI=1S/C12H19N3O2S/c1-5-9(8-18-4)15(2)11-7-13-10(6-14-11)12(16)17-3/h6-7,9H,5,8H2,1-4H3. The van der Waals surface area contributed by atoms with Crippen molar-refractivity contribution in [1.82, 2.24) is 9.97 Å². The molecule has 1 aromatic rings. The molecular formula is C12H19N3O2S. The molecule has 1 rings (SSSR count). The first kappa shape index (κ1) is 14.8. The van der Waals surface area contributed by atoms with Gasteiger partial charge in [0.2, 0.25) is 0 Å². The van der Waals surface area contributed by atoms with Crippen molar-refractivity contribution in [1.29, 1.82) is 0 Å². The Morgan fingerprint density at radius 2 is 2.22 bits per heavy atom.